The summed E-state index contributed by atoms with van der Waals surface area (Å²) in [7, 11) is 0. The van der Waals surface area contributed by atoms with Crippen molar-refractivity contribution in [2.24, 2.45) is 11.8 Å². The van der Waals surface area contributed by atoms with Crippen LogP contribution in [0.2, 0.25) is 0 Å². The number of ether oxygens (including phenoxy) is 2. The molecule has 3 amide bonds. The zero-order valence-corrected chi connectivity index (χ0v) is 22.9. The van der Waals surface area contributed by atoms with Crippen LogP contribution in [0.15, 0.2) is 25.3 Å². The molecule has 3 saturated heterocycles. The van der Waals surface area contributed by atoms with Crippen LogP contribution in [0.3, 0.4) is 0 Å². The topological polar surface area (TPSA) is 125 Å². The second kappa shape index (κ2) is 12.9. The molecule has 3 aliphatic rings. The largest absolute Gasteiger partial charge is 0.460 e. The van der Waals surface area contributed by atoms with E-state index >= 15 is 0 Å². The van der Waals surface area contributed by atoms with Gasteiger partial charge in [0.25, 0.3) is 0 Å². The quantitative estimate of drug-likeness (QED) is 0.242. The van der Waals surface area contributed by atoms with Crippen LogP contribution in [0, 0.1) is 11.8 Å². The lowest BCUT2D eigenvalue weighted by atomic mass is 9.70. The van der Waals surface area contributed by atoms with E-state index in [2.05, 4.69) is 18.5 Å². The summed E-state index contributed by atoms with van der Waals surface area (Å²) >= 11 is 0. The molecule has 0 saturated carbocycles. The fourth-order valence-electron chi connectivity index (χ4n) is 6.30. The van der Waals surface area contributed by atoms with E-state index in [-0.39, 0.29) is 43.5 Å². The highest BCUT2D eigenvalue weighted by molar-refractivity contribution is 5.98. The Kier molecular flexibility index (Phi) is 10.1. The molecule has 3 rings (SSSR count). The van der Waals surface area contributed by atoms with Gasteiger partial charge in [0.1, 0.15) is 17.7 Å². The van der Waals surface area contributed by atoms with Gasteiger partial charge < -0.3 is 29.7 Å². The van der Waals surface area contributed by atoms with E-state index < -0.39 is 41.7 Å². The third-order valence-corrected chi connectivity index (χ3v) is 7.97. The zero-order valence-electron chi connectivity index (χ0n) is 22.9. The fraction of sp³-hybridized carbons (Fsp3) is 0.714. The molecule has 2 bridgehead atoms. The number of nitrogens with zero attached hydrogens (tertiary/aromatic N) is 2. The third kappa shape index (κ3) is 5.66. The average Bonchev–Trinajstić information content (AvgIpc) is 3.52. The molecule has 7 atom stereocenters. The van der Waals surface area contributed by atoms with E-state index in [0.717, 1.165) is 12.8 Å². The summed E-state index contributed by atoms with van der Waals surface area (Å²) < 4.78 is 12.1. The van der Waals surface area contributed by atoms with Gasteiger partial charge in [0.05, 0.1) is 31.1 Å². The molecule has 3 aliphatic heterocycles. The number of hydrogen-bond acceptors (Lipinski definition) is 7. The Morgan fingerprint density at radius 2 is 2.05 bits per heavy atom. The molecule has 38 heavy (non-hydrogen) atoms. The Morgan fingerprint density at radius 3 is 2.68 bits per heavy atom. The maximum Gasteiger partial charge on any atom is 0.312 e. The third-order valence-electron chi connectivity index (χ3n) is 7.97. The summed E-state index contributed by atoms with van der Waals surface area (Å²) in [5.74, 6) is -3.06. The van der Waals surface area contributed by atoms with Crippen molar-refractivity contribution >= 4 is 23.7 Å². The standard InChI is InChI=1S/C28H43N3O7/c1-6-9-11-21(33)29-17-19(5)37-27(36)22-20-12-13-28(38-20)23(22)25(34)31(15-16-32)24(28)26(35)30(14-8-3)18(4)10-7-2/h6,8,18-20,22-24,32H,1,3,7,9-17H2,2,4-5H3,(H,29,33)/t18?,19-,20+,22-,23-,24+,28-/m1/s1. The van der Waals surface area contributed by atoms with Gasteiger partial charge in [0.15, 0.2) is 0 Å². The van der Waals surface area contributed by atoms with Crippen LogP contribution in [0.1, 0.15) is 59.3 Å². The predicted octanol–water partition coefficient (Wildman–Crippen LogP) is 1.57. The highest BCUT2D eigenvalue weighted by Gasteiger charge is 2.75. The Balaban J connectivity index is 1.82. The van der Waals surface area contributed by atoms with Gasteiger partial charge in [-0.3, -0.25) is 19.2 Å². The van der Waals surface area contributed by atoms with Crippen molar-refractivity contribution in [1.29, 1.82) is 0 Å². The number of carbonyl (C=O) groups excluding carboxylic acids is 4. The van der Waals surface area contributed by atoms with Crippen molar-refractivity contribution in [1.82, 2.24) is 15.1 Å². The van der Waals surface area contributed by atoms with Crippen molar-refractivity contribution in [2.45, 2.75) is 89.2 Å². The number of fused-ring (bicyclic) bond motifs is 1. The first-order valence-corrected chi connectivity index (χ1v) is 13.7. The lowest BCUT2D eigenvalue weighted by Crippen LogP contribution is -2.58. The van der Waals surface area contributed by atoms with E-state index in [0.29, 0.717) is 32.2 Å². The number of β-amino-alcohol motifs (C(OH)–C–C–N with tert-alkyl or cyclic N) is 1. The van der Waals surface area contributed by atoms with Gasteiger partial charge in [-0.2, -0.15) is 0 Å². The van der Waals surface area contributed by atoms with Gasteiger partial charge in [-0.25, -0.2) is 0 Å². The number of aliphatic hydroxyl groups is 1. The molecular weight excluding hydrogens is 490 g/mol. The number of allylic oxidation sites excluding steroid dienone is 1. The predicted molar refractivity (Wildman–Crippen MR) is 141 cm³/mol. The van der Waals surface area contributed by atoms with Crippen molar-refractivity contribution in [3.05, 3.63) is 25.3 Å². The maximum absolute atomic E-state index is 14.0. The van der Waals surface area contributed by atoms with Crippen molar-refractivity contribution in [3.63, 3.8) is 0 Å². The summed E-state index contributed by atoms with van der Waals surface area (Å²) in [6.07, 6.45) is 5.72. The summed E-state index contributed by atoms with van der Waals surface area (Å²) in [5, 5.41) is 12.5. The number of nitrogens with one attached hydrogen (secondary N) is 1. The monoisotopic (exact) mass is 533 g/mol. The molecule has 0 aliphatic carbocycles. The first-order valence-electron chi connectivity index (χ1n) is 13.7. The minimum Gasteiger partial charge on any atom is -0.460 e. The number of likely N-dealkylation sites (tertiary alicyclic amines) is 1. The van der Waals surface area contributed by atoms with Gasteiger partial charge in [-0.05, 0) is 39.5 Å². The number of amides is 3. The minimum atomic E-state index is -1.15. The van der Waals surface area contributed by atoms with Crippen molar-refractivity contribution in [2.75, 3.05) is 26.2 Å². The van der Waals surface area contributed by atoms with E-state index in [4.69, 9.17) is 9.47 Å². The Labute approximate surface area is 225 Å². The minimum absolute atomic E-state index is 0.0273. The Morgan fingerprint density at radius 1 is 1.32 bits per heavy atom. The molecule has 1 spiro atoms. The summed E-state index contributed by atoms with van der Waals surface area (Å²) in [6.45, 7) is 13.2. The molecule has 1 unspecified atom stereocenters. The maximum atomic E-state index is 14.0. The number of rotatable bonds is 15. The van der Waals surface area contributed by atoms with Gasteiger partial charge >= 0.3 is 5.97 Å². The molecule has 10 nitrogen and oxygen atoms in total. The highest BCUT2D eigenvalue weighted by atomic mass is 16.6. The second-order valence-corrected chi connectivity index (χ2v) is 10.6. The van der Waals surface area contributed by atoms with Gasteiger partial charge in [-0.1, -0.05) is 25.5 Å². The summed E-state index contributed by atoms with van der Waals surface area (Å²) in [5.41, 5.74) is -1.15. The first-order chi connectivity index (χ1) is 18.2. The van der Waals surface area contributed by atoms with Gasteiger partial charge in [0.2, 0.25) is 17.7 Å². The zero-order chi connectivity index (χ0) is 28.0. The smallest absolute Gasteiger partial charge is 0.312 e. The van der Waals surface area contributed by atoms with Crippen LogP contribution in [-0.4, -0.2) is 94.7 Å². The first kappa shape index (κ1) is 29.8. The molecule has 212 valence electrons. The highest BCUT2D eigenvalue weighted by Crippen LogP contribution is 2.58. The number of aliphatic hydroxyl groups excluding tert-OH is 1. The Hall–Kier alpha value is -2.72. The number of esters is 1. The van der Waals surface area contributed by atoms with E-state index in [9.17, 15) is 24.3 Å². The van der Waals surface area contributed by atoms with Crippen LogP contribution in [0.25, 0.3) is 0 Å². The molecule has 2 N–H and O–H groups in total. The second-order valence-electron chi connectivity index (χ2n) is 10.6. The fourth-order valence-corrected chi connectivity index (χ4v) is 6.30. The molecule has 0 aromatic heterocycles. The van der Waals surface area contributed by atoms with E-state index in [1.54, 1.807) is 24.0 Å². The van der Waals surface area contributed by atoms with Crippen LogP contribution in [0.5, 0.6) is 0 Å². The molecule has 0 aromatic rings. The molecular formula is C28H43N3O7. The van der Waals surface area contributed by atoms with Gasteiger partial charge in [-0.15, -0.1) is 13.2 Å². The van der Waals surface area contributed by atoms with Crippen LogP contribution < -0.4 is 5.32 Å². The molecule has 0 aromatic carbocycles. The summed E-state index contributed by atoms with van der Waals surface area (Å²) in [6, 6.07) is -1.01. The molecule has 3 fully saturated rings. The van der Waals surface area contributed by atoms with Crippen molar-refractivity contribution < 1.29 is 33.8 Å². The molecule has 0 radical (unpaired) electrons. The SMILES string of the molecule is C=CCCC(=O)NC[C@@H](C)OC(=O)[C@@H]1[C@@H]2CC[C@]3(O2)[C@H](C(=O)N(CC=C)C(C)CCC)N(CCO)C(=O)[C@@H]13. The summed E-state index contributed by atoms with van der Waals surface area (Å²) in [4.78, 5) is 56.2. The Bertz CT molecular complexity index is 924. The average molecular weight is 534 g/mol. The van der Waals surface area contributed by atoms with E-state index in [1.165, 1.54) is 4.90 Å². The lowest BCUT2D eigenvalue weighted by Gasteiger charge is -2.38. The molecule has 10 heteroatoms. The normalized spacial score (nSPS) is 28.9. The van der Waals surface area contributed by atoms with Crippen molar-refractivity contribution in [3.8, 4) is 0 Å². The van der Waals surface area contributed by atoms with Gasteiger partial charge in [0, 0.05) is 25.6 Å². The van der Waals surface area contributed by atoms with Crippen LogP contribution in [-0.2, 0) is 28.7 Å². The number of carbonyl (C=O) groups is 4. The van der Waals surface area contributed by atoms with Crippen LogP contribution >= 0.6 is 0 Å². The number of hydrogen-bond donors (Lipinski definition) is 2. The van der Waals surface area contributed by atoms with Crippen LogP contribution in [0.4, 0.5) is 0 Å². The lowest BCUT2D eigenvalue weighted by molar-refractivity contribution is -0.159. The van der Waals surface area contributed by atoms with E-state index in [1.807, 2.05) is 13.8 Å². The molecule has 3 heterocycles.